The van der Waals surface area contributed by atoms with Crippen molar-refractivity contribution in [3.8, 4) is 0 Å². The van der Waals surface area contributed by atoms with Crippen molar-refractivity contribution >= 4 is 0 Å². The van der Waals surface area contributed by atoms with Crippen molar-refractivity contribution in [1.82, 2.24) is 15.0 Å². The van der Waals surface area contributed by atoms with Crippen LogP contribution in [0.25, 0.3) is 0 Å². The van der Waals surface area contributed by atoms with Gasteiger partial charge in [-0.05, 0) is 12.8 Å². The molecular weight excluding hydrogens is 246 g/mol. The Morgan fingerprint density at radius 2 is 2.11 bits per heavy atom. The van der Waals surface area contributed by atoms with Gasteiger partial charge >= 0.3 is 0 Å². The van der Waals surface area contributed by atoms with Gasteiger partial charge in [-0.15, -0.1) is 5.10 Å². The minimum atomic E-state index is -0.587. The van der Waals surface area contributed by atoms with Gasteiger partial charge < -0.3 is 14.6 Å². The number of hydrogen-bond acceptors (Lipinski definition) is 5. The van der Waals surface area contributed by atoms with Crippen molar-refractivity contribution in [1.29, 1.82) is 0 Å². The summed E-state index contributed by atoms with van der Waals surface area (Å²) in [6.07, 6.45) is 7.59. The number of aliphatic hydroxyl groups is 1. The first kappa shape index (κ1) is 14.4. The monoisotopic (exact) mass is 269 g/mol. The number of methoxy groups -OCH3 is 1. The maximum Gasteiger partial charge on any atom is 0.141 e. The zero-order valence-corrected chi connectivity index (χ0v) is 11.5. The third-order valence-corrected chi connectivity index (χ3v) is 3.54. The van der Waals surface area contributed by atoms with E-state index in [9.17, 15) is 5.11 Å². The quantitative estimate of drug-likeness (QED) is 0.752. The molecule has 1 aromatic rings. The zero-order valence-electron chi connectivity index (χ0n) is 11.5. The van der Waals surface area contributed by atoms with Crippen LogP contribution in [-0.4, -0.2) is 46.0 Å². The van der Waals surface area contributed by atoms with Gasteiger partial charge in [-0.3, -0.25) is 0 Å². The van der Waals surface area contributed by atoms with Crippen LogP contribution in [0.1, 0.15) is 37.8 Å². The SMILES string of the molecule is COCCOCn1cc(CC2(O)CCCCC2)nn1. The Balaban J connectivity index is 1.79. The molecule has 0 saturated heterocycles. The predicted octanol–water partition coefficient (Wildman–Crippen LogP) is 1.14. The Labute approximate surface area is 113 Å². The van der Waals surface area contributed by atoms with Gasteiger partial charge in [0.15, 0.2) is 0 Å². The predicted molar refractivity (Wildman–Crippen MR) is 69.6 cm³/mol. The lowest BCUT2D eigenvalue weighted by Crippen LogP contribution is -2.33. The summed E-state index contributed by atoms with van der Waals surface area (Å²) >= 11 is 0. The fourth-order valence-electron chi connectivity index (χ4n) is 2.51. The van der Waals surface area contributed by atoms with Gasteiger partial charge in [-0.2, -0.15) is 0 Å². The molecule has 1 saturated carbocycles. The molecule has 0 spiro atoms. The van der Waals surface area contributed by atoms with Gasteiger partial charge in [0.2, 0.25) is 0 Å². The Morgan fingerprint density at radius 1 is 1.32 bits per heavy atom. The molecule has 0 unspecified atom stereocenters. The van der Waals surface area contributed by atoms with Crippen LogP contribution < -0.4 is 0 Å². The van der Waals surface area contributed by atoms with E-state index in [4.69, 9.17) is 9.47 Å². The number of hydrogen-bond donors (Lipinski definition) is 1. The van der Waals surface area contributed by atoms with E-state index in [2.05, 4.69) is 10.3 Å². The molecule has 1 aliphatic carbocycles. The first-order valence-electron chi connectivity index (χ1n) is 6.90. The molecule has 0 bridgehead atoms. The standard InChI is InChI=1S/C13H23N3O3/c1-18-7-8-19-11-16-10-12(14-15-16)9-13(17)5-3-2-4-6-13/h10,17H,2-9,11H2,1H3. The molecule has 108 valence electrons. The molecule has 0 radical (unpaired) electrons. The lowest BCUT2D eigenvalue weighted by atomic mass is 9.82. The van der Waals surface area contributed by atoms with Crippen LogP contribution in [0.3, 0.4) is 0 Å². The van der Waals surface area contributed by atoms with Gasteiger partial charge in [-0.25, -0.2) is 4.68 Å². The number of ether oxygens (including phenoxy) is 2. The lowest BCUT2D eigenvalue weighted by molar-refractivity contribution is 0.00357. The lowest BCUT2D eigenvalue weighted by Gasteiger charge is -2.31. The summed E-state index contributed by atoms with van der Waals surface area (Å²) in [7, 11) is 1.64. The Bertz CT molecular complexity index is 375. The van der Waals surface area contributed by atoms with Crippen molar-refractivity contribution in [2.45, 2.75) is 50.9 Å². The number of nitrogens with zero attached hydrogens (tertiary/aromatic N) is 3. The molecule has 1 heterocycles. The molecule has 0 amide bonds. The van der Waals surface area contributed by atoms with E-state index in [0.717, 1.165) is 31.4 Å². The highest BCUT2D eigenvalue weighted by atomic mass is 16.5. The minimum Gasteiger partial charge on any atom is -0.389 e. The molecule has 19 heavy (non-hydrogen) atoms. The van der Waals surface area contributed by atoms with Crippen molar-refractivity contribution < 1.29 is 14.6 Å². The molecule has 0 aromatic carbocycles. The number of rotatable bonds is 7. The third kappa shape index (κ3) is 4.56. The maximum absolute atomic E-state index is 10.5. The van der Waals surface area contributed by atoms with Crippen LogP contribution >= 0.6 is 0 Å². The smallest absolute Gasteiger partial charge is 0.141 e. The molecule has 0 atom stereocenters. The molecular formula is C13H23N3O3. The van der Waals surface area contributed by atoms with E-state index in [0.29, 0.717) is 26.4 Å². The van der Waals surface area contributed by atoms with Crippen LogP contribution in [0, 0.1) is 0 Å². The molecule has 1 N–H and O–H groups in total. The first-order valence-corrected chi connectivity index (χ1v) is 6.90. The molecule has 6 nitrogen and oxygen atoms in total. The fourth-order valence-corrected chi connectivity index (χ4v) is 2.51. The van der Waals surface area contributed by atoms with E-state index in [1.54, 1.807) is 11.8 Å². The van der Waals surface area contributed by atoms with Gasteiger partial charge in [-0.1, -0.05) is 24.5 Å². The zero-order chi connectivity index (χ0) is 13.6. The summed E-state index contributed by atoms with van der Waals surface area (Å²) in [5.74, 6) is 0. The van der Waals surface area contributed by atoms with Crippen molar-refractivity contribution in [2.75, 3.05) is 20.3 Å². The van der Waals surface area contributed by atoms with Crippen LogP contribution in [-0.2, 0) is 22.6 Å². The van der Waals surface area contributed by atoms with Crippen molar-refractivity contribution in [3.63, 3.8) is 0 Å². The van der Waals surface area contributed by atoms with E-state index in [1.165, 1.54) is 6.42 Å². The van der Waals surface area contributed by atoms with Crippen molar-refractivity contribution in [3.05, 3.63) is 11.9 Å². The molecule has 1 aliphatic rings. The topological polar surface area (TPSA) is 69.4 Å². The molecule has 0 aliphatic heterocycles. The van der Waals surface area contributed by atoms with Crippen molar-refractivity contribution in [2.24, 2.45) is 0 Å². The van der Waals surface area contributed by atoms with E-state index in [1.807, 2.05) is 6.20 Å². The third-order valence-electron chi connectivity index (χ3n) is 3.54. The summed E-state index contributed by atoms with van der Waals surface area (Å²) in [6.45, 7) is 1.48. The summed E-state index contributed by atoms with van der Waals surface area (Å²) in [5, 5.41) is 18.6. The molecule has 1 fully saturated rings. The van der Waals surface area contributed by atoms with Crippen LogP contribution in [0.5, 0.6) is 0 Å². The average Bonchev–Trinajstić information content (AvgIpc) is 2.82. The molecule has 6 heteroatoms. The number of aromatic nitrogens is 3. The fraction of sp³-hybridized carbons (Fsp3) is 0.846. The van der Waals surface area contributed by atoms with Gasteiger partial charge in [0, 0.05) is 13.5 Å². The maximum atomic E-state index is 10.5. The average molecular weight is 269 g/mol. The Hall–Kier alpha value is -0.980. The Morgan fingerprint density at radius 3 is 2.84 bits per heavy atom. The second-order valence-corrected chi connectivity index (χ2v) is 5.24. The Kier molecular flexibility index (Phi) is 5.30. The van der Waals surface area contributed by atoms with Crippen LogP contribution in [0.15, 0.2) is 6.20 Å². The van der Waals surface area contributed by atoms with E-state index < -0.39 is 5.60 Å². The summed E-state index contributed by atoms with van der Waals surface area (Å²) in [5.41, 5.74) is 0.246. The second-order valence-electron chi connectivity index (χ2n) is 5.24. The second kappa shape index (κ2) is 6.98. The van der Waals surface area contributed by atoms with E-state index >= 15 is 0 Å². The summed E-state index contributed by atoms with van der Waals surface area (Å²) in [4.78, 5) is 0. The summed E-state index contributed by atoms with van der Waals surface area (Å²) < 4.78 is 11.9. The highest BCUT2D eigenvalue weighted by molar-refractivity contribution is 5.00. The normalized spacial score (nSPS) is 18.6. The largest absolute Gasteiger partial charge is 0.389 e. The summed E-state index contributed by atoms with van der Waals surface area (Å²) in [6, 6.07) is 0. The molecule has 1 aromatic heterocycles. The van der Waals surface area contributed by atoms with E-state index in [-0.39, 0.29) is 0 Å². The van der Waals surface area contributed by atoms with Crippen LogP contribution in [0.4, 0.5) is 0 Å². The van der Waals surface area contributed by atoms with Gasteiger partial charge in [0.25, 0.3) is 0 Å². The van der Waals surface area contributed by atoms with Gasteiger partial charge in [0.1, 0.15) is 6.73 Å². The van der Waals surface area contributed by atoms with Gasteiger partial charge in [0.05, 0.1) is 30.7 Å². The highest BCUT2D eigenvalue weighted by Crippen LogP contribution is 2.30. The minimum absolute atomic E-state index is 0.370. The first-order chi connectivity index (χ1) is 9.22. The van der Waals surface area contributed by atoms with Crippen LogP contribution in [0.2, 0.25) is 0 Å². The molecule has 2 rings (SSSR count). The highest BCUT2D eigenvalue weighted by Gasteiger charge is 2.30.